The Balaban J connectivity index is 1.84. The second kappa shape index (κ2) is 3.73. The van der Waals surface area contributed by atoms with E-state index in [1.165, 1.54) is 0 Å². The third-order valence-electron chi connectivity index (χ3n) is 2.69. The molecule has 2 aliphatic rings. The van der Waals surface area contributed by atoms with Crippen molar-refractivity contribution >= 4 is 0 Å². The van der Waals surface area contributed by atoms with Gasteiger partial charge in [0.15, 0.2) is 0 Å². The average Bonchev–Trinajstić information content (AvgIpc) is 2.77. The van der Waals surface area contributed by atoms with Crippen molar-refractivity contribution in [1.29, 1.82) is 0 Å². The molecule has 2 aliphatic heterocycles. The first kappa shape index (κ1) is 8.48. The summed E-state index contributed by atoms with van der Waals surface area (Å²) in [5.41, 5.74) is 0. The minimum Gasteiger partial charge on any atom is -0.388 e. The van der Waals surface area contributed by atoms with Crippen LogP contribution >= 0.6 is 0 Å². The van der Waals surface area contributed by atoms with Gasteiger partial charge in [-0.1, -0.05) is 0 Å². The Kier molecular flexibility index (Phi) is 2.63. The molecule has 2 atom stereocenters. The molecule has 2 unspecified atom stereocenters. The highest BCUT2D eigenvalue weighted by atomic mass is 16.5. The molecule has 2 saturated heterocycles. The zero-order chi connectivity index (χ0) is 8.39. The van der Waals surface area contributed by atoms with E-state index in [4.69, 9.17) is 9.47 Å². The average molecular weight is 172 g/mol. The topological polar surface area (TPSA) is 38.7 Å². The van der Waals surface area contributed by atoms with Crippen LogP contribution in [0.5, 0.6) is 0 Å². The van der Waals surface area contributed by atoms with Crippen molar-refractivity contribution in [3.8, 4) is 0 Å². The van der Waals surface area contributed by atoms with E-state index >= 15 is 0 Å². The molecule has 0 bridgehead atoms. The number of rotatable bonds is 2. The van der Waals surface area contributed by atoms with E-state index in [0.29, 0.717) is 0 Å². The molecule has 12 heavy (non-hydrogen) atoms. The van der Waals surface area contributed by atoms with Crippen LogP contribution in [0, 0.1) is 0 Å². The highest BCUT2D eigenvalue weighted by Gasteiger charge is 2.33. The maximum atomic E-state index is 9.80. The Bertz CT molecular complexity index is 121. The van der Waals surface area contributed by atoms with Gasteiger partial charge in [-0.15, -0.1) is 0 Å². The molecule has 3 nitrogen and oxygen atoms in total. The molecule has 0 amide bonds. The van der Waals surface area contributed by atoms with Gasteiger partial charge in [0.2, 0.25) is 0 Å². The van der Waals surface area contributed by atoms with Gasteiger partial charge in [0.25, 0.3) is 0 Å². The SMILES string of the molecule is OC(C1CCCO1)C1CCCO1. The van der Waals surface area contributed by atoms with Crippen molar-refractivity contribution in [2.24, 2.45) is 0 Å². The van der Waals surface area contributed by atoms with Gasteiger partial charge in [-0.3, -0.25) is 0 Å². The second-order valence-corrected chi connectivity index (χ2v) is 3.59. The van der Waals surface area contributed by atoms with Gasteiger partial charge in [-0.2, -0.15) is 0 Å². The van der Waals surface area contributed by atoms with Crippen molar-refractivity contribution in [2.45, 2.75) is 44.0 Å². The molecule has 0 saturated carbocycles. The molecule has 70 valence electrons. The number of aliphatic hydroxyl groups is 1. The summed E-state index contributed by atoms with van der Waals surface area (Å²) in [5, 5.41) is 9.80. The molecule has 2 heterocycles. The summed E-state index contributed by atoms with van der Waals surface area (Å²) in [4.78, 5) is 0. The van der Waals surface area contributed by atoms with Crippen LogP contribution in [0.3, 0.4) is 0 Å². The molecule has 3 heteroatoms. The molecular weight excluding hydrogens is 156 g/mol. The Morgan fingerprint density at radius 2 is 1.50 bits per heavy atom. The zero-order valence-electron chi connectivity index (χ0n) is 7.24. The molecule has 2 rings (SSSR count). The normalized spacial score (nSPS) is 38.8. The molecule has 0 aromatic heterocycles. The number of aliphatic hydroxyl groups excluding tert-OH is 1. The highest BCUT2D eigenvalue weighted by Crippen LogP contribution is 2.24. The van der Waals surface area contributed by atoms with Crippen molar-refractivity contribution in [2.75, 3.05) is 13.2 Å². The first-order chi connectivity index (χ1) is 5.88. The maximum Gasteiger partial charge on any atom is 0.106 e. The predicted octanol–water partition coefficient (Wildman–Crippen LogP) is 0.705. The van der Waals surface area contributed by atoms with Crippen LogP contribution in [-0.4, -0.2) is 36.6 Å². The summed E-state index contributed by atoms with van der Waals surface area (Å²) in [7, 11) is 0. The molecule has 0 spiro atoms. The Morgan fingerprint density at radius 1 is 1.00 bits per heavy atom. The molecule has 0 aromatic rings. The van der Waals surface area contributed by atoms with Crippen molar-refractivity contribution < 1.29 is 14.6 Å². The van der Waals surface area contributed by atoms with Crippen LogP contribution < -0.4 is 0 Å². The summed E-state index contributed by atoms with van der Waals surface area (Å²) in [6, 6.07) is 0. The number of ether oxygens (including phenoxy) is 2. The fourth-order valence-corrected chi connectivity index (χ4v) is 1.98. The van der Waals surface area contributed by atoms with Gasteiger partial charge in [0.1, 0.15) is 6.10 Å². The van der Waals surface area contributed by atoms with Crippen molar-refractivity contribution in [3.05, 3.63) is 0 Å². The largest absolute Gasteiger partial charge is 0.388 e. The van der Waals surface area contributed by atoms with Gasteiger partial charge in [0, 0.05) is 13.2 Å². The number of hydrogen-bond acceptors (Lipinski definition) is 3. The smallest absolute Gasteiger partial charge is 0.106 e. The van der Waals surface area contributed by atoms with E-state index in [-0.39, 0.29) is 12.2 Å². The monoisotopic (exact) mass is 172 g/mol. The fourth-order valence-electron chi connectivity index (χ4n) is 1.98. The van der Waals surface area contributed by atoms with Crippen molar-refractivity contribution in [1.82, 2.24) is 0 Å². The molecule has 0 aromatic carbocycles. The van der Waals surface area contributed by atoms with E-state index in [1.54, 1.807) is 0 Å². The van der Waals surface area contributed by atoms with E-state index < -0.39 is 6.10 Å². The first-order valence-corrected chi connectivity index (χ1v) is 4.79. The van der Waals surface area contributed by atoms with Gasteiger partial charge < -0.3 is 14.6 Å². The molecule has 0 aliphatic carbocycles. The minimum atomic E-state index is -0.394. The first-order valence-electron chi connectivity index (χ1n) is 4.79. The predicted molar refractivity (Wildman–Crippen MR) is 44.0 cm³/mol. The molecular formula is C9H16O3. The molecule has 1 N–H and O–H groups in total. The number of hydrogen-bond donors (Lipinski definition) is 1. The van der Waals surface area contributed by atoms with Crippen molar-refractivity contribution in [3.63, 3.8) is 0 Å². The summed E-state index contributed by atoms with van der Waals surface area (Å²) in [5.74, 6) is 0. The standard InChI is InChI=1S/C9H16O3/c10-9(7-3-1-5-11-7)8-4-2-6-12-8/h7-10H,1-6H2. The third-order valence-corrected chi connectivity index (χ3v) is 2.69. The Labute approximate surface area is 72.7 Å². The van der Waals surface area contributed by atoms with Crippen LogP contribution in [0.25, 0.3) is 0 Å². The lowest BCUT2D eigenvalue weighted by Gasteiger charge is -2.22. The van der Waals surface area contributed by atoms with Crippen LogP contribution in [0.15, 0.2) is 0 Å². The summed E-state index contributed by atoms with van der Waals surface area (Å²) in [6.45, 7) is 1.60. The van der Waals surface area contributed by atoms with E-state index in [1.807, 2.05) is 0 Å². The van der Waals surface area contributed by atoms with Crippen LogP contribution in [-0.2, 0) is 9.47 Å². The molecule has 0 radical (unpaired) electrons. The fraction of sp³-hybridized carbons (Fsp3) is 1.00. The van der Waals surface area contributed by atoms with Gasteiger partial charge >= 0.3 is 0 Å². The highest BCUT2D eigenvalue weighted by molar-refractivity contribution is 4.82. The second-order valence-electron chi connectivity index (χ2n) is 3.59. The van der Waals surface area contributed by atoms with Gasteiger partial charge in [-0.05, 0) is 25.7 Å². The quantitative estimate of drug-likeness (QED) is 0.666. The zero-order valence-corrected chi connectivity index (χ0v) is 7.24. The van der Waals surface area contributed by atoms with Crippen LogP contribution in [0.4, 0.5) is 0 Å². The van der Waals surface area contributed by atoms with E-state index in [9.17, 15) is 5.11 Å². The lowest BCUT2D eigenvalue weighted by molar-refractivity contribution is -0.0752. The minimum absolute atomic E-state index is 0.0353. The van der Waals surface area contributed by atoms with Gasteiger partial charge in [-0.25, -0.2) is 0 Å². The maximum absolute atomic E-state index is 9.80. The van der Waals surface area contributed by atoms with Crippen LogP contribution in [0.2, 0.25) is 0 Å². The van der Waals surface area contributed by atoms with E-state index in [0.717, 1.165) is 38.9 Å². The summed E-state index contributed by atoms with van der Waals surface area (Å²) >= 11 is 0. The van der Waals surface area contributed by atoms with Gasteiger partial charge in [0.05, 0.1) is 12.2 Å². The summed E-state index contributed by atoms with van der Waals surface area (Å²) < 4.78 is 10.8. The molecule has 2 fully saturated rings. The van der Waals surface area contributed by atoms with E-state index in [2.05, 4.69) is 0 Å². The Hall–Kier alpha value is -0.120. The third kappa shape index (κ3) is 1.63. The Morgan fingerprint density at radius 3 is 1.83 bits per heavy atom. The van der Waals surface area contributed by atoms with Crippen LogP contribution in [0.1, 0.15) is 25.7 Å². The summed E-state index contributed by atoms with van der Waals surface area (Å²) in [6.07, 6.45) is 3.81. The lowest BCUT2D eigenvalue weighted by atomic mass is 10.0. The lowest BCUT2D eigenvalue weighted by Crippen LogP contribution is -2.36.